The zero-order valence-electron chi connectivity index (χ0n) is 5.80. The molecule has 0 atom stereocenters. The summed E-state index contributed by atoms with van der Waals surface area (Å²) in [4.78, 5) is 0. The Morgan fingerprint density at radius 1 is 1.67 bits per heavy atom. The number of nitrogens with zero attached hydrogens (tertiary/aromatic N) is 1. The summed E-state index contributed by atoms with van der Waals surface area (Å²) in [6, 6.07) is 0. The van der Waals surface area contributed by atoms with Crippen molar-refractivity contribution < 1.29 is 5.21 Å². The predicted octanol–water partition coefficient (Wildman–Crippen LogP) is 2.03. The topological polar surface area (TPSA) is 32.6 Å². The number of rotatable bonds is 2. The summed E-state index contributed by atoms with van der Waals surface area (Å²) >= 11 is 0. The summed E-state index contributed by atoms with van der Waals surface area (Å²) in [5, 5.41) is 11.4. The van der Waals surface area contributed by atoms with Crippen molar-refractivity contribution in [2.45, 2.75) is 32.6 Å². The zero-order valence-corrected chi connectivity index (χ0v) is 5.80. The summed E-state index contributed by atoms with van der Waals surface area (Å²) in [7, 11) is 0. The molecule has 1 fully saturated rings. The quantitative estimate of drug-likeness (QED) is 0.446. The van der Waals surface area contributed by atoms with E-state index in [1.165, 1.54) is 12.8 Å². The standard InChI is InChI=1S/C7H13NO/c1-2-3-6-4-7(5-6)8-9/h6,9H,2-5H2,1H3. The van der Waals surface area contributed by atoms with Crippen molar-refractivity contribution >= 4 is 5.71 Å². The minimum Gasteiger partial charge on any atom is -0.411 e. The van der Waals surface area contributed by atoms with Gasteiger partial charge in [0.05, 0.1) is 5.71 Å². The Morgan fingerprint density at radius 3 is 2.78 bits per heavy atom. The van der Waals surface area contributed by atoms with E-state index in [0.29, 0.717) is 0 Å². The minimum absolute atomic E-state index is 0.820. The predicted molar refractivity (Wildman–Crippen MR) is 36.9 cm³/mol. The van der Waals surface area contributed by atoms with Gasteiger partial charge in [-0.1, -0.05) is 18.5 Å². The second-order valence-corrected chi connectivity index (χ2v) is 2.73. The first kappa shape index (κ1) is 6.59. The van der Waals surface area contributed by atoms with Gasteiger partial charge in [0.2, 0.25) is 0 Å². The van der Waals surface area contributed by atoms with Crippen molar-refractivity contribution in [2.24, 2.45) is 11.1 Å². The van der Waals surface area contributed by atoms with Gasteiger partial charge in [0.15, 0.2) is 0 Å². The van der Waals surface area contributed by atoms with Crippen molar-refractivity contribution in [1.82, 2.24) is 0 Å². The maximum atomic E-state index is 8.26. The molecule has 2 heteroatoms. The van der Waals surface area contributed by atoms with E-state index in [2.05, 4.69) is 12.1 Å². The van der Waals surface area contributed by atoms with E-state index in [0.717, 1.165) is 24.5 Å². The second kappa shape index (κ2) is 2.85. The average molecular weight is 127 g/mol. The third-order valence-electron chi connectivity index (χ3n) is 1.89. The molecule has 1 N–H and O–H groups in total. The number of oxime groups is 1. The molecular weight excluding hydrogens is 114 g/mol. The van der Waals surface area contributed by atoms with E-state index in [-0.39, 0.29) is 0 Å². The Bertz CT molecular complexity index is 112. The maximum absolute atomic E-state index is 8.26. The molecule has 0 aromatic heterocycles. The molecular formula is C7H13NO. The molecule has 2 nitrogen and oxygen atoms in total. The van der Waals surface area contributed by atoms with Gasteiger partial charge in [-0.2, -0.15) is 0 Å². The Balaban J connectivity index is 2.12. The maximum Gasteiger partial charge on any atom is 0.0576 e. The summed E-state index contributed by atoms with van der Waals surface area (Å²) < 4.78 is 0. The van der Waals surface area contributed by atoms with Crippen LogP contribution in [0.1, 0.15) is 32.6 Å². The fourth-order valence-corrected chi connectivity index (χ4v) is 1.30. The van der Waals surface area contributed by atoms with Gasteiger partial charge in [0.1, 0.15) is 0 Å². The van der Waals surface area contributed by atoms with Crippen LogP contribution in [0.2, 0.25) is 0 Å². The van der Waals surface area contributed by atoms with Crippen molar-refractivity contribution in [2.75, 3.05) is 0 Å². The highest BCUT2D eigenvalue weighted by Gasteiger charge is 2.23. The molecule has 0 radical (unpaired) electrons. The molecule has 0 saturated heterocycles. The lowest BCUT2D eigenvalue weighted by atomic mass is 9.80. The first-order valence-corrected chi connectivity index (χ1v) is 3.56. The van der Waals surface area contributed by atoms with Crippen LogP contribution in [0, 0.1) is 5.92 Å². The molecule has 0 amide bonds. The highest BCUT2D eigenvalue weighted by molar-refractivity contribution is 5.89. The van der Waals surface area contributed by atoms with Crippen LogP contribution in [0.3, 0.4) is 0 Å². The first-order chi connectivity index (χ1) is 4.36. The molecule has 0 aromatic rings. The summed E-state index contributed by atoms with van der Waals surface area (Å²) in [5.41, 5.74) is 0.980. The molecule has 52 valence electrons. The third kappa shape index (κ3) is 1.44. The van der Waals surface area contributed by atoms with E-state index >= 15 is 0 Å². The van der Waals surface area contributed by atoms with Gasteiger partial charge in [0, 0.05) is 0 Å². The van der Waals surface area contributed by atoms with E-state index in [1.807, 2.05) is 0 Å². The van der Waals surface area contributed by atoms with Crippen LogP contribution in [0.4, 0.5) is 0 Å². The van der Waals surface area contributed by atoms with E-state index < -0.39 is 0 Å². The van der Waals surface area contributed by atoms with Crippen LogP contribution in [-0.2, 0) is 0 Å². The molecule has 1 saturated carbocycles. The van der Waals surface area contributed by atoms with Gasteiger partial charge in [0.25, 0.3) is 0 Å². The smallest absolute Gasteiger partial charge is 0.0576 e. The van der Waals surface area contributed by atoms with Gasteiger partial charge in [-0.15, -0.1) is 0 Å². The number of hydrogen-bond donors (Lipinski definition) is 1. The molecule has 0 aromatic carbocycles. The van der Waals surface area contributed by atoms with Crippen molar-refractivity contribution in [3.63, 3.8) is 0 Å². The SMILES string of the molecule is CCCC1CC(=NO)C1. The molecule has 9 heavy (non-hydrogen) atoms. The Hall–Kier alpha value is -0.530. The van der Waals surface area contributed by atoms with Crippen LogP contribution in [0.25, 0.3) is 0 Å². The normalized spacial score (nSPS) is 25.4. The van der Waals surface area contributed by atoms with Gasteiger partial charge in [-0.25, -0.2) is 0 Å². The Labute approximate surface area is 55.6 Å². The molecule has 0 heterocycles. The highest BCUT2D eigenvalue weighted by Crippen LogP contribution is 2.27. The van der Waals surface area contributed by atoms with E-state index in [4.69, 9.17) is 5.21 Å². The Morgan fingerprint density at radius 2 is 2.33 bits per heavy atom. The van der Waals surface area contributed by atoms with Crippen LogP contribution in [0.15, 0.2) is 5.16 Å². The van der Waals surface area contributed by atoms with Gasteiger partial charge in [-0.3, -0.25) is 0 Å². The van der Waals surface area contributed by atoms with E-state index in [9.17, 15) is 0 Å². The minimum atomic E-state index is 0.820. The van der Waals surface area contributed by atoms with Crippen LogP contribution in [0.5, 0.6) is 0 Å². The molecule has 0 unspecified atom stereocenters. The molecule has 1 aliphatic rings. The van der Waals surface area contributed by atoms with Crippen molar-refractivity contribution in [3.05, 3.63) is 0 Å². The monoisotopic (exact) mass is 127 g/mol. The molecule has 0 bridgehead atoms. The lowest BCUT2D eigenvalue weighted by Crippen LogP contribution is -2.23. The lowest BCUT2D eigenvalue weighted by Gasteiger charge is -2.25. The average Bonchev–Trinajstić information content (AvgIpc) is 1.77. The summed E-state index contributed by atoms with van der Waals surface area (Å²) in [5.74, 6) is 0.820. The molecule has 1 rings (SSSR count). The highest BCUT2D eigenvalue weighted by atomic mass is 16.4. The van der Waals surface area contributed by atoms with Crippen LogP contribution < -0.4 is 0 Å². The number of hydrogen-bond acceptors (Lipinski definition) is 2. The van der Waals surface area contributed by atoms with Gasteiger partial charge in [-0.05, 0) is 25.2 Å². The van der Waals surface area contributed by atoms with Gasteiger partial charge < -0.3 is 5.21 Å². The largest absolute Gasteiger partial charge is 0.411 e. The molecule has 0 spiro atoms. The zero-order chi connectivity index (χ0) is 6.69. The fraction of sp³-hybridized carbons (Fsp3) is 0.857. The van der Waals surface area contributed by atoms with Gasteiger partial charge >= 0.3 is 0 Å². The lowest BCUT2D eigenvalue weighted by molar-refractivity contribution is 0.303. The Kier molecular flexibility index (Phi) is 2.09. The van der Waals surface area contributed by atoms with Crippen LogP contribution in [-0.4, -0.2) is 10.9 Å². The molecule has 0 aliphatic heterocycles. The first-order valence-electron chi connectivity index (χ1n) is 3.56. The summed E-state index contributed by atoms with van der Waals surface area (Å²) in [6.45, 7) is 2.19. The summed E-state index contributed by atoms with van der Waals surface area (Å²) in [6.07, 6.45) is 4.61. The third-order valence-corrected chi connectivity index (χ3v) is 1.89. The van der Waals surface area contributed by atoms with Crippen molar-refractivity contribution in [3.8, 4) is 0 Å². The van der Waals surface area contributed by atoms with E-state index in [1.54, 1.807) is 0 Å². The molecule has 1 aliphatic carbocycles. The second-order valence-electron chi connectivity index (χ2n) is 2.73. The van der Waals surface area contributed by atoms with Crippen molar-refractivity contribution in [1.29, 1.82) is 0 Å². The fourth-order valence-electron chi connectivity index (χ4n) is 1.30. The van der Waals surface area contributed by atoms with Crippen LogP contribution >= 0.6 is 0 Å².